The maximum Gasteiger partial charge on any atom is 0.326 e. The molecule has 1 unspecified atom stereocenters. The number of benzene rings is 1. The second-order valence-electron chi connectivity index (χ2n) is 4.06. The molecule has 0 saturated heterocycles. The molecule has 1 aromatic rings. The molecule has 19 heavy (non-hydrogen) atoms. The van der Waals surface area contributed by atoms with Crippen molar-refractivity contribution < 1.29 is 19.4 Å². The van der Waals surface area contributed by atoms with Crippen LogP contribution in [0, 0.1) is 6.92 Å². The Labute approximate surface area is 116 Å². The lowest BCUT2D eigenvalue weighted by molar-refractivity contribution is -0.139. The molecular formula is C13H16ClNO4. The van der Waals surface area contributed by atoms with Crippen LogP contribution in [0.5, 0.6) is 0 Å². The Morgan fingerprint density at radius 1 is 1.47 bits per heavy atom. The SMILES string of the molecule is COCCC(NC(=O)c1cccc(Cl)c1C)C(=O)O. The Kier molecular flexibility index (Phi) is 5.79. The van der Waals surface area contributed by atoms with E-state index >= 15 is 0 Å². The molecule has 1 amide bonds. The number of hydrogen-bond acceptors (Lipinski definition) is 3. The molecule has 0 aromatic heterocycles. The minimum atomic E-state index is -1.09. The van der Waals surface area contributed by atoms with Gasteiger partial charge in [-0.15, -0.1) is 0 Å². The monoisotopic (exact) mass is 285 g/mol. The number of hydrogen-bond donors (Lipinski definition) is 2. The summed E-state index contributed by atoms with van der Waals surface area (Å²) in [5, 5.41) is 12.0. The number of halogens is 1. The summed E-state index contributed by atoms with van der Waals surface area (Å²) < 4.78 is 4.82. The van der Waals surface area contributed by atoms with E-state index in [0.717, 1.165) is 0 Å². The van der Waals surface area contributed by atoms with E-state index in [0.29, 0.717) is 16.1 Å². The standard InChI is InChI=1S/C13H16ClNO4/c1-8-9(4-3-5-10(8)14)12(16)15-11(13(17)18)6-7-19-2/h3-5,11H,6-7H2,1-2H3,(H,15,16)(H,17,18). The summed E-state index contributed by atoms with van der Waals surface area (Å²) in [7, 11) is 1.47. The number of carboxylic acids is 1. The molecule has 1 rings (SSSR count). The number of aliphatic carboxylic acids is 1. The first-order valence-corrected chi connectivity index (χ1v) is 6.13. The number of carbonyl (C=O) groups excluding carboxylic acids is 1. The van der Waals surface area contributed by atoms with E-state index in [1.807, 2.05) is 0 Å². The number of carboxylic acid groups (broad SMARTS) is 1. The second kappa shape index (κ2) is 7.11. The minimum Gasteiger partial charge on any atom is -0.480 e. The molecule has 6 heteroatoms. The summed E-state index contributed by atoms with van der Waals surface area (Å²) >= 11 is 5.92. The van der Waals surface area contributed by atoms with Crippen molar-refractivity contribution in [3.63, 3.8) is 0 Å². The largest absolute Gasteiger partial charge is 0.480 e. The van der Waals surface area contributed by atoms with Crippen LogP contribution in [0.1, 0.15) is 22.3 Å². The zero-order valence-corrected chi connectivity index (χ0v) is 11.5. The van der Waals surface area contributed by atoms with Crippen LogP contribution in [-0.4, -0.2) is 36.7 Å². The van der Waals surface area contributed by atoms with Gasteiger partial charge in [-0.1, -0.05) is 17.7 Å². The predicted molar refractivity (Wildman–Crippen MR) is 71.6 cm³/mol. The Balaban J connectivity index is 2.82. The molecule has 0 fully saturated rings. The lowest BCUT2D eigenvalue weighted by atomic mass is 10.1. The molecule has 0 spiro atoms. The van der Waals surface area contributed by atoms with E-state index in [1.165, 1.54) is 7.11 Å². The molecule has 0 heterocycles. The van der Waals surface area contributed by atoms with Crippen molar-refractivity contribution in [3.05, 3.63) is 34.3 Å². The lowest BCUT2D eigenvalue weighted by Gasteiger charge is -2.15. The van der Waals surface area contributed by atoms with E-state index < -0.39 is 17.9 Å². The van der Waals surface area contributed by atoms with Gasteiger partial charge in [-0.05, 0) is 24.6 Å². The summed E-state index contributed by atoms with van der Waals surface area (Å²) in [6.45, 7) is 1.97. The van der Waals surface area contributed by atoms with E-state index in [4.69, 9.17) is 21.4 Å². The van der Waals surface area contributed by atoms with Crippen LogP contribution in [0.4, 0.5) is 0 Å². The third kappa shape index (κ3) is 4.22. The molecule has 0 aliphatic rings. The highest BCUT2D eigenvalue weighted by atomic mass is 35.5. The van der Waals surface area contributed by atoms with Crippen LogP contribution in [0.2, 0.25) is 5.02 Å². The van der Waals surface area contributed by atoms with E-state index in [1.54, 1.807) is 25.1 Å². The van der Waals surface area contributed by atoms with Gasteiger partial charge in [0.15, 0.2) is 0 Å². The Morgan fingerprint density at radius 2 is 2.16 bits per heavy atom. The highest BCUT2D eigenvalue weighted by Gasteiger charge is 2.21. The van der Waals surface area contributed by atoms with Gasteiger partial charge in [0.1, 0.15) is 6.04 Å². The summed E-state index contributed by atoms with van der Waals surface area (Å²) in [6.07, 6.45) is 0.206. The van der Waals surface area contributed by atoms with Crippen molar-refractivity contribution >= 4 is 23.5 Å². The Morgan fingerprint density at radius 3 is 2.74 bits per heavy atom. The first-order valence-electron chi connectivity index (χ1n) is 5.75. The molecule has 0 saturated carbocycles. The second-order valence-corrected chi connectivity index (χ2v) is 4.47. The van der Waals surface area contributed by atoms with Crippen LogP contribution in [-0.2, 0) is 9.53 Å². The quantitative estimate of drug-likeness (QED) is 0.836. The van der Waals surface area contributed by atoms with Crippen molar-refractivity contribution in [2.45, 2.75) is 19.4 Å². The molecule has 0 aliphatic heterocycles. The summed E-state index contributed by atoms with van der Waals surface area (Å²) in [5.74, 6) is -1.55. The number of amides is 1. The van der Waals surface area contributed by atoms with Gasteiger partial charge in [-0.25, -0.2) is 4.79 Å². The van der Waals surface area contributed by atoms with Gasteiger partial charge in [0.05, 0.1) is 0 Å². The predicted octanol–water partition coefficient (Wildman–Crippen LogP) is 1.87. The van der Waals surface area contributed by atoms with Gasteiger partial charge in [-0.2, -0.15) is 0 Å². The summed E-state index contributed by atoms with van der Waals surface area (Å²) in [5.41, 5.74) is 0.994. The fraction of sp³-hybridized carbons (Fsp3) is 0.385. The topological polar surface area (TPSA) is 75.6 Å². The van der Waals surface area contributed by atoms with Crippen LogP contribution >= 0.6 is 11.6 Å². The zero-order chi connectivity index (χ0) is 14.4. The molecule has 0 radical (unpaired) electrons. The molecule has 5 nitrogen and oxygen atoms in total. The summed E-state index contributed by atoms with van der Waals surface area (Å²) in [4.78, 5) is 23.0. The average Bonchev–Trinajstić information content (AvgIpc) is 2.37. The number of carbonyl (C=O) groups is 2. The smallest absolute Gasteiger partial charge is 0.326 e. The van der Waals surface area contributed by atoms with Crippen molar-refractivity contribution in [3.8, 4) is 0 Å². The van der Waals surface area contributed by atoms with Gasteiger partial charge in [0, 0.05) is 30.7 Å². The van der Waals surface area contributed by atoms with Gasteiger partial charge < -0.3 is 15.2 Å². The highest BCUT2D eigenvalue weighted by molar-refractivity contribution is 6.31. The lowest BCUT2D eigenvalue weighted by Crippen LogP contribution is -2.41. The van der Waals surface area contributed by atoms with Crippen LogP contribution in [0.25, 0.3) is 0 Å². The maximum absolute atomic E-state index is 12.0. The molecule has 104 valence electrons. The summed E-state index contributed by atoms with van der Waals surface area (Å²) in [6, 6.07) is 3.94. The zero-order valence-electron chi connectivity index (χ0n) is 10.8. The van der Waals surface area contributed by atoms with Crippen LogP contribution < -0.4 is 5.32 Å². The molecule has 0 bridgehead atoms. The minimum absolute atomic E-state index is 0.206. The molecule has 1 atom stereocenters. The van der Waals surface area contributed by atoms with E-state index in [9.17, 15) is 9.59 Å². The third-order valence-electron chi connectivity index (χ3n) is 2.73. The molecule has 1 aromatic carbocycles. The average molecular weight is 286 g/mol. The fourth-order valence-corrected chi connectivity index (χ4v) is 1.76. The van der Waals surface area contributed by atoms with Gasteiger partial charge >= 0.3 is 5.97 Å². The molecule has 0 aliphatic carbocycles. The third-order valence-corrected chi connectivity index (χ3v) is 3.14. The molecular weight excluding hydrogens is 270 g/mol. The van der Waals surface area contributed by atoms with Crippen molar-refractivity contribution in [2.75, 3.05) is 13.7 Å². The van der Waals surface area contributed by atoms with Crippen LogP contribution in [0.15, 0.2) is 18.2 Å². The fourth-order valence-electron chi connectivity index (χ4n) is 1.58. The first-order chi connectivity index (χ1) is 8.97. The maximum atomic E-state index is 12.0. The van der Waals surface area contributed by atoms with Gasteiger partial charge in [0.25, 0.3) is 5.91 Å². The number of methoxy groups -OCH3 is 1. The highest BCUT2D eigenvalue weighted by Crippen LogP contribution is 2.18. The normalized spacial score (nSPS) is 11.9. The van der Waals surface area contributed by atoms with Crippen LogP contribution in [0.3, 0.4) is 0 Å². The van der Waals surface area contributed by atoms with E-state index in [-0.39, 0.29) is 13.0 Å². The molecule has 2 N–H and O–H groups in total. The first kappa shape index (κ1) is 15.5. The van der Waals surface area contributed by atoms with Gasteiger partial charge in [0.2, 0.25) is 0 Å². The van der Waals surface area contributed by atoms with Crippen molar-refractivity contribution in [1.29, 1.82) is 0 Å². The number of ether oxygens (including phenoxy) is 1. The van der Waals surface area contributed by atoms with Crippen molar-refractivity contribution in [2.24, 2.45) is 0 Å². The Hall–Kier alpha value is -1.59. The Bertz CT molecular complexity index is 476. The number of rotatable bonds is 6. The van der Waals surface area contributed by atoms with Gasteiger partial charge in [-0.3, -0.25) is 4.79 Å². The number of nitrogens with one attached hydrogen (secondary N) is 1. The van der Waals surface area contributed by atoms with Crippen molar-refractivity contribution in [1.82, 2.24) is 5.32 Å². The van der Waals surface area contributed by atoms with E-state index in [2.05, 4.69) is 5.32 Å².